The first-order chi connectivity index (χ1) is 8.94. The molecule has 1 aromatic heterocycles. The summed E-state index contributed by atoms with van der Waals surface area (Å²) in [4.78, 5) is 2.45. The second-order valence-corrected chi connectivity index (χ2v) is 6.52. The van der Waals surface area contributed by atoms with Crippen molar-refractivity contribution in [2.75, 3.05) is 13.1 Å². The molecule has 0 atom stereocenters. The van der Waals surface area contributed by atoms with E-state index in [1.165, 1.54) is 11.1 Å². The number of hydrogen-bond donors (Lipinski definition) is 1. The Labute approximate surface area is 116 Å². The second-order valence-electron chi connectivity index (χ2n) is 6.52. The zero-order valence-corrected chi connectivity index (χ0v) is 12.6. The van der Waals surface area contributed by atoms with E-state index in [0.29, 0.717) is 0 Å². The van der Waals surface area contributed by atoms with Gasteiger partial charge in [-0.2, -0.15) is 0 Å². The Morgan fingerprint density at radius 1 is 1.37 bits per heavy atom. The summed E-state index contributed by atoms with van der Waals surface area (Å²) in [7, 11) is 0. The molecular formula is C16H26N2O. The highest BCUT2D eigenvalue weighted by molar-refractivity contribution is 5.18. The summed E-state index contributed by atoms with van der Waals surface area (Å²) in [6, 6.07) is 2.08. The molecule has 0 unspecified atom stereocenters. The van der Waals surface area contributed by atoms with E-state index < -0.39 is 0 Å². The SMILES string of the molecule is CC1=CCCN(Cc2occc2CNC(C)(C)C)C1. The maximum absolute atomic E-state index is 5.67. The summed E-state index contributed by atoms with van der Waals surface area (Å²) < 4.78 is 5.67. The van der Waals surface area contributed by atoms with E-state index in [4.69, 9.17) is 4.42 Å². The monoisotopic (exact) mass is 262 g/mol. The van der Waals surface area contributed by atoms with Gasteiger partial charge in [0.15, 0.2) is 0 Å². The molecule has 2 heterocycles. The van der Waals surface area contributed by atoms with Crippen molar-refractivity contribution in [2.24, 2.45) is 0 Å². The molecule has 0 saturated heterocycles. The average molecular weight is 262 g/mol. The molecule has 1 aliphatic heterocycles. The van der Waals surface area contributed by atoms with Gasteiger partial charge in [0.25, 0.3) is 0 Å². The first-order valence-corrected chi connectivity index (χ1v) is 7.12. The van der Waals surface area contributed by atoms with Gasteiger partial charge in [0.05, 0.1) is 12.8 Å². The Kier molecular flexibility index (Phi) is 4.48. The lowest BCUT2D eigenvalue weighted by atomic mass is 10.1. The lowest BCUT2D eigenvalue weighted by Gasteiger charge is -2.25. The third-order valence-corrected chi connectivity index (χ3v) is 3.43. The van der Waals surface area contributed by atoms with E-state index >= 15 is 0 Å². The first kappa shape index (κ1) is 14.4. The van der Waals surface area contributed by atoms with Gasteiger partial charge in [-0.1, -0.05) is 11.6 Å². The number of nitrogens with one attached hydrogen (secondary N) is 1. The van der Waals surface area contributed by atoms with Crippen molar-refractivity contribution in [1.82, 2.24) is 10.2 Å². The molecule has 106 valence electrons. The molecule has 1 aromatic rings. The Morgan fingerprint density at radius 2 is 2.16 bits per heavy atom. The van der Waals surface area contributed by atoms with Gasteiger partial charge in [0.2, 0.25) is 0 Å². The Morgan fingerprint density at radius 3 is 2.84 bits per heavy atom. The molecule has 2 rings (SSSR count). The maximum Gasteiger partial charge on any atom is 0.122 e. The van der Waals surface area contributed by atoms with Crippen LogP contribution in [0.4, 0.5) is 0 Å². The highest BCUT2D eigenvalue weighted by Crippen LogP contribution is 2.17. The molecule has 0 spiro atoms. The normalized spacial score (nSPS) is 17.6. The molecule has 1 N–H and O–H groups in total. The molecule has 0 aromatic carbocycles. The topological polar surface area (TPSA) is 28.4 Å². The van der Waals surface area contributed by atoms with Gasteiger partial charge in [-0.05, 0) is 40.2 Å². The number of nitrogens with zero attached hydrogens (tertiary/aromatic N) is 1. The highest BCUT2D eigenvalue weighted by Gasteiger charge is 2.16. The van der Waals surface area contributed by atoms with E-state index in [9.17, 15) is 0 Å². The van der Waals surface area contributed by atoms with Crippen LogP contribution in [0.2, 0.25) is 0 Å². The zero-order valence-electron chi connectivity index (χ0n) is 12.6. The minimum Gasteiger partial charge on any atom is -0.468 e. The van der Waals surface area contributed by atoms with Crippen LogP contribution in [-0.4, -0.2) is 23.5 Å². The standard InChI is InChI=1S/C16H26N2O/c1-13-6-5-8-18(11-13)12-15-14(7-9-19-15)10-17-16(2,3)4/h6-7,9,17H,5,8,10-12H2,1-4H3. The molecule has 0 bridgehead atoms. The van der Waals surface area contributed by atoms with Crippen LogP contribution in [0, 0.1) is 0 Å². The summed E-state index contributed by atoms with van der Waals surface area (Å²) in [6.07, 6.45) is 5.30. The summed E-state index contributed by atoms with van der Waals surface area (Å²) in [5.74, 6) is 1.10. The zero-order chi connectivity index (χ0) is 13.9. The second kappa shape index (κ2) is 5.93. The predicted octanol–water partition coefficient (Wildman–Crippen LogP) is 3.32. The van der Waals surface area contributed by atoms with Crippen LogP contribution in [0.15, 0.2) is 28.4 Å². The summed E-state index contributed by atoms with van der Waals surface area (Å²) in [6.45, 7) is 12.7. The van der Waals surface area contributed by atoms with E-state index in [1.54, 1.807) is 0 Å². The van der Waals surface area contributed by atoms with E-state index in [0.717, 1.165) is 38.4 Å². The number of furan rings is 1. The van der Waals surface area contributed by atoms with E-state index in [2.05, 4.69) is 50.1 Å². The average Bonchev–Trinajstić information content (AvgIpc) is 2.73. The largest absolute Gasteiger partial charge is 0.468 e. The smallest absolute Gasteiger partial charge is 0.122 e. The molecule has 0 amide bonds. The molecule has 0 saturated carbocycles. The Bertz CT molecular complexity index is 440. The van der Waals surface area contributed by atoms with Crippen LogP contribution < -0.4 is 5.32 Å². The Hall–Kier alpha value is -1.06. The Balaban J connectivity index is 1.94. The summed E-state index contributed by atoms with van der Waals surface area (Å²) in [5, 5.41) is 3.52. The van der Waals surface area contributed by atoms with Gasteiger partial charge in [0.1, 0.15) is 5.76 Å². The van der Waals surface area contributed by atoms with Gasteiger partial charge in [0, 0.05) is 30.7 Å². The summed E-state index contributed by atoms with van der Waals surface area (Å²) in [5.41, 5.74) is 2.88. The quantitative estimate of drug-likeness (QED) is 0.844. The first-order valence-electron chi connectivity index (χ1n) is 7.12. The van der Waals surface area contributed by atoms with Crippen molar-refractivity contribution >= 4 is 0 Å². The van der Waals surface area contributed by atoms with Crippen LogP contribution in [0.25, 0.3) is 0 Å². The molecule has 19 heavy (non-hydrogen) atoms. The van der Waals surface area contributed by atoms with Crippen LogP contribution >= 0.6 is 0 Å². The predicted molar refractivity (Wildman–Crippen MR) is 79.0 cm³/mol. The molecule has 0 aliphatic carbocycles. The van der Waals surface area contributed by atoms with Gasteiger partial charge >= 0.3 is 0 Å². The van der Waals surface area contributed by atoms with E-state index in [1.807, 2.05) is 6.26 Å². The fourth-order valence-corrected chi connectivity index (χ4v) is 2.35. The van der Waals surface area contributed by atoms with Gasteiger partial charge in [-0.3, -0.25) is 4.90 Å². The van der Waals surface area contributed by atoms with Crippen molar-refractivity contribution in [1.29, 1.82) is 0 Å². The molecule has 3 nitrogen and oxygen atoms in total. The minimum absolute atomic E-state index is 0.138. The highest BCUT2D eigenvalue weighted by atomic mass is 16.3. The fraction of sp³-hybridized carbons (Fsp3) is 0.625. The third kappa shape index (κ3) is 4.51. The number of rotatable bonds is 4. The van der Waals surface area contributed by atoms with E-state index in [-0.39, 0.29) is 5.54 Å². The molecule has 1 aliphatic rings. The minimum atomic E-state index is 0.138. The van der Waals surface area contributed by atoms with Crippen molar-refractivity contribution in [3.8, 4) is 0 Å². The van der Waals surface area contributed by atoms with Gasteiger partial charge in [-0.15, -0.1) is 0 Å². The van der Waals surface area contributed by atoms with Crippen molar-refractivity contribution < 1.29 is 4.42 Å². The molecule has 0 fully saturated rings. The van der Waals surface area contributed by atoms with Crippen LogP contribution in [-0.2, 0) is 13.1 Å². The molecule has 3 heteroatoms. The lowest BCUT2D eigenvalue weighted by molar-refractivity contribution is 0.256. The van der Waals surface area contributed by atoms with Crippen LogP contribution in [0.5, 0.6) is 0 Å². The van der Waals surface area contributed by atoms with Gasteiger partial charge < -0.3 is 9.73 Å². The van der Waals surface area contributed by atoms with Crippen LogP contribution in [0.1, 0.15) is 45.4 Å². The maximum atomic E-state index is 5.67. The van der Waals surface area contributed by atoms with Crippen molar-refractivity contribution in [3.63, 3.8) is 0 Å². The fourth-order valence-electron chi connectivity index (χ4n) is 2.35. The lowest BCUT2D eigenvalue weighted by Crippen LogP contribution is -2.35. The third-order valence-electron chi connectivity index (χ3n) is 3.43. The van der Waals surface area contributed by atoms with Gasteiger partial charge in [-0.25, -0.2) is 0 Å². The van der Waals surface area contributed by atoms with Crippen LogP contribution in [0.3, 0.4) is 0 Å². The summed E-state index contributed by atoms with van der Waals surface area (Å²) >= 11 is 0. The van der Waals surface area contributed by atoms with Crippen molar-refractivity contribution in [3.05, 3.63) is 35.3 Å². The number of hydrogen-bond acceptors (Lipinski definition) is 3. The van der Waals surface area contributed by atoms with Crippen molar-refractivity contribution in [2.45, 2.75) is 52.7 Å². The molecule has 0 radical (unpaired) electrons. The molecular weight excluding hydrogens is 236 g/mol.